The molecular formula is C13H17F5O2S. The quantitative estimate of drug-likeness (QED) is 0.648. The minimum Gasteiger partial charge on any atom is -0.348 e. The summed E-state index contributed by atoms with van der Waals surface area (Å²) in [5, 5.41) is 0. The molecule has 0 spiro atoms. The first-order valence-corrected chi connectivity index (χ1v) is 8.52. The highest BCUT2D eigenvalue weighted by Gasteiger charge is 2.65. The summed E-state index contributed by atoms with van der Waals surface area (Å²) in [5.41, 5.74) is 0.301. The Morgan fingerprint density at radius 1 is 1.00 bits per heavy atom. The maximum atomic E-state index is 12.6. The molecule has 1 heterocycles. The zero-order valence-corrected chi connectivity index (χ0v) is 12.2. The molecule has 0 radical (unpaired) electrons. The fourth-order valence-electron chi connectivity index (χ4n) is 2.19. The summed E-state index contributed by atoms with van der Waals surface area (Å²) >= 11 is 0. The second-order valence-corrected chi connectivity index (χ2v) is 7.60. The van der Waals surface area contributed by atoms with Crippen LogP contribution in [0.4, 0.5) is 19.4 Å². The lowest BCUT2D eigenvalue weighted by Gasteiger charge is -2.40. The van der Waals surface area contributed by atoms with Crippen molar-refractivity contribution < 1.29 is 28.9 Å². The summed E-state index contributed by atoms with van der Waals surface area (Å²) in [6.45, 7) is 2.93. The SMILES string of the molecule is CCCC1COC(c2ccc(S(F)(F)(F)(F)F)cc2)OC1. The van der Waals surface area contributed by atoms with Crippen molar-refractivity contribution >= 4 is 10.2 Å². The fraction of sp³-hybridized carbons (Fsp3) is 0.538. The summed E-state index contributed by atoms with van der Waals surface area (Å²) in [5.74, 6) is 0.259. The number of halogens is 5. The van der Waals surface area contributed by atoms with Gasteiger partial charge in [0.1, 0.15) is 4.90 Å². The molecule has 122 valence electrons. The van der Waals surface area contributed by atoms with Crippen molar-refractivity contribution in [3.63, 3.8) is 0 Å². The predicted molar refractivity (Wildman–Crippen MR) is 70.9 cm³/mol. The van der Waals surface area contributed by atoms with E-state index in [1.165, 1.54) is 0 Å². The summed E-state index contributed by atoms with van der Waals surface area (Å²) in [4.78, 5) is -1.90. The molecule has 0 amide bonds. The van der Waals surface area contributed by atoms with Crippen LogP contribution in [-0.2, 0) is 9.47 Å². The van der Waals surface area contributed by atoms with Gasteiger partial charge in [-0.3, -0.25) is 0 Å². The molecule has 0 N–H and O–H groups in total. The van der Waals surface area contributed by atoms with Crippen LogP contribution in [0.2, 0.25) is 0 Å². The van der Waals surface area contributed by atoms with Gasteiger partial charge < -0.3 is 9.47 Å². The molecule has 1 fully saturated rings. The van der Waals surface area contributed by atoms with Gasteiger partial charge in [-0.15, -0.1) is 0 Å². The summed E-state index contributed by atoms with van der Waals surface area (Å²) in [7, 11) is -9.61. The molecule has 21 heavy (non-hydrogen) atoms. The van der Waals surface area contributed by atoms with Gasteiger partial charge in [-0.2, -0.15) is 0 Å². The largest absolute Gasteiger partial charge is 0.348 e. The molecule has 1 aliphatic heterocycles. The standard InChI is InChI=1S/C13H17F5O2S/c1-2-3-10-8-19-13(20-9-10)11-4-6-12(7-5-11)21(14,15,16,17)18/h4-7,10,13H,2-3,8-9H2,1H3. The van der Waals surface area contributed by atoms with Gasteiger partial charge in [-0.25, -0.2) is 0 Å². The Bertz CT molecular complexity index is 491. The molecule has 1 saturated heterocycles. The van der Waals surface area contributed by atoms with Crippen molar-refractivity contribution in [1.82, 2.24) is 0 Å². The molecule has 0 atom stereocenters. The summed E-state index contributed by atoms with van der Waals surface area (Å²) < 4.78 is 73.8. The van der Waals surface area contributed by atoms with Gasteiger partial charge in [0.05, 0.1) is 13.2 Å². The van der Waals surface area contributed by atoms with Crippen molar-refractivity contribution in [3.05, 3.63) is 29.8 Å². The first-order chi connectivity index (χ1) is 9.49. The van der Waals surface area contributed by atoms with E-state index < -0.39 is 21.4 Å². The van der Waals surface area contributed by atoms with E-state index in [1.807, 2.05) is 6.92 Å². The van der Waals surface area contributed by atoms with E-state index in [-0.39, 0.29) is 5.92 Å². The lowest BCUT2D eigenvalue weighted by molar-refractivity contribution is -0.206. The van der Waals surface area contributed by atoms with Crippen molar-refractivity contribution in [2.45, 2.75) is 31.0 Å². The Balaban J connectivity index is 2.08. The van der Waals surface area contributed by atoms with E-state index in [1.54, 1.807) is 0 Å². The molecule has 0 unspecified atom stereocenters. The van der Waals surface area contributed by atoms with Gasteiger partial charge in [-0.1, -0.05) is 44.9 Å². The van der Waals surface area contributed by atoms with E-state index >= 15 is 0 Å². The van der Waals surface area contributed by atoms with Crippen LogP contribution in [0.25, 0.3) is 0 Å². The lowest BCUT2D eigenvalue weighted by Crippen LogP contribution is -2.27. The molecule has 1 aromatic rings. The van der Waals surface area contributed by atoms with Gasteiger partial charge in [-0.05, 0) is 18.6 Å². The van der Waals surface area contributed by atoms with Crippen LogP contribution in [0.15, 0.2) is 29.2 Å². The molecule has 1 aromatic carbocycles. The highest BCUT2D eigenvalue weighted by molar-refractivity contribution is 8.45. The highest BCUT2D eigenvalue weighted by atomic mass is 32.5. The maximum Gasteiger partial charge on any atom is 0.310 e. The summed E-state index contributed by atoms with van der Waals surface area (Å²) in [6.07, 6.45) is 1.13. The zero-order valence-electron chi connectivity index (χ0n) is 11.4. The summed E-state index contributed by atoms with van der Waals surface area (Å²) in [6, 6.07) is 2.69. The lowest BCUT2D eigenvalue weighted by atomic mass is 10.1. The molecule has 0 saturated carbocycles. The first kappa shape index (κ1) is 16.5. The van der Waals surface area contributed by atoms with Crippen LogP contribution in [-0.4, -0.2) is 13.2 Å². The van der Waals surface area contributed by atoms with Crippen LogP contribution in [0.3, 0.4) is 0 Å². The van der Waals surface area contributed by atoms with Gasteiger partial charge >= 0.3 is 10.2 Å². The maximum absolute atomic E-state index is 12.6. The average Bonchev–Trinajstić information content (AvgIpc) is 2.38. The fourth-order valence-corrected chi connectivity index (χ4v) is 2.84. The van der Waals surface area contributed by atoms with Crippen LogP contribution >= 0.6 is 10.2 Å². The minimum absolute atomic E-state index is 0.259. The molecule has 0 aromatic heterocycles. The molecule has 2 nitrogen and oxygen atoms in total. The van der Waals surface area contributed by atoms with E-state index in [4.69, 9.17) is 9.47 Å². The Morgan fingerprint density at radius 2 is 1.52 bits per heavy atom. The molecule has 1 aliphatic rings. The highest BCUT2D eigenvalue weighted by Crippen LogP contribution is 3.02. The van der Waals surface area contributed by atoms with E-state index in [9.17, 15) is 19.4 Å². The number of hydrogen-bond donors (Lipinski definition) is 0. The third kappa shape index (κ3) is 4.31. The van der Waals surface area contributed by atoms with Gasteiger partial charge in [0, 0.05) is 11.5 Å². The number of ether oxygens (including phenoxy) is 2. The average molecular weight is 332 g/mol. The van der Waals surface area contributed by atoms with E-state index in [0.717, 1.165) is 25.0 Å². The Labute approximate surface area is 120 Å². The third-order valence-corrected chi connectivity index (χ3v) is 4.42. The van der Waals surface area contributed by atoms with E-state index in [2.05, 4.69) is 0 Å². The first-order valence-electron chi connectivity index (χ1n) is 6.57. The van der Waals surface area contributed by atoms with Gasteiger partial charge in [0.15, 0.2) is 6.29 Å². The number of hydrogen-bond acceptors (Lipinski definition) is 2. The van der Waals surface area contributed by atoms with E-state index in [0.29, 0.717) is 30.9 Å². The van der Waals surface area contributed by atoms with Crippen molar-refractivity contribution in [2.75, 3.05) is 13.2 Å². The second-order valence-electron chi connectivity index (χ2n) is 5.19. The molecule has 8 heteroatoms. The van der Waals surface area contributed by atoms with Crippen LogP contribution in [0.5, 0.6) is 0 Å². The number of benzene rings is 1. The van der Waals surface area contributed by atoms with Crippen molar-refractivity contribution in [3.8, 4) is 0 Å². The van der Waals surface area contributed by atoms with Gasteiger partial charge in [0.25, 0.3) is 0 Å². The predicted octanol–water partition coefficient (Wildman–Crippen LogP) is 5.81. The molecule has 0 aliphatic carbocycles. The second kappa shape index (κ2) is 4.82. The number of rotatable bonds is 4. The third-order valence-electron chi connectivity index (χ3n) is 3.26. The van der Waals surface area contributed by atoms with Crippen molar-refractivity contribution in [1.29, 1.82) is 0 Å². The zero-order chi connectivity index (χ0) is 15.8. The topological polar surface area (TPSA) is 18.5 Å². The molecular weight excluding hydrogens is 315 g/mol. The Morgan fingerprint density at radius 3 is 1.95 bits per heavy atom. The minimum atomic E-state index is -9.61. The Hall–Kier alpha value is -0.860. The van der Waals surface area contributed by atoms with Crippen LogP contribution in [0.1, 0.15) is 31.6 Å². The van der Waals surface area contributed by atoms with Crippen molar-refractivity contribution in [2.24, 2.45) is 5.92 Å². The Kier molecular flexibility index (Phi) is 3.79. The monoisotopic (exact) mass is 332 g/mol. The molecule has 2 rings (SSSR count). The molecule has 0 bridgehead atoms. The van der Waals surface area contributed by atoms with Crippen LogP contribution in [0, 0.1) is 5.92 Å². The van der Waals surface area contributed by atoms with Crippen LogP contribution < -0.4 is 0 Å². The van der Waals surface area contributed by atoms with Gasteiger partial charge in [0.2, 0.25) is 0 Å². The smallest absolute Gasteiger partial charge is 0.310 e. The normalized spacial score (nSPS) is 27.0.